The summed E-state index contributed by atoms with van der Waals surface area (Å²) in [7, 11) is -0.127. The van der Waals surface area contributed by atoms with E-state index in [4.69, 9.17) is 0 Å². The molecule has 0 atom stereocenters. The van der Waals surface area contributed by atoms with E-state index in [9.17, 15) is 8.42 Å². The average Bonchev–Trinajstić information content (AvgIpc) is 3.13. The average molecular weight is 414 g/mol. The number of hydrogen-bond donors (Lipinski definition) is 4. The molecular weight excluding hydrogens is 386 g/mol. The van der Waals surface area contributed by atoms with Gasteiger partial charge in [-0.25, -0.2) is 13.1 Å². The standard InChI is InChI=1S/C21H27N5O2S/c1-22-21(24-11-10-18-14-25-20-9-4-3-8-19(18)20)26-13-16-6-5-7-17(12-16)15-29(27,28)23-2/h3-9,12,14,23,25H,10-11,13,15H2,1-2H3,(H2,22,24,26). The Balaban J connectivity index is 1.52. The predicted molar refractivity (Wildman–Crippen MR) is 118 cm³/mol. The number of fused-ring (bicyclic) bond motifs is 1. The minimum Gasteiger partial charge on any atom is -0.361 e. The van der Waals surface area contributed by atoms with Crippen LogP contribution in [0.1, 0.15) is 16.7 Å². The first kappa shape index (κ1) is 20.9. The van der Waals surface area contributed by atoms with Gasteiger partial charge in [0.1, 0.15) is 0 Å². The molecule has 0 bridgehead atoms. The highest BCUT2D eigenvalue weighted by molar-refractivity contribution is 7.88. The van der Waals surface area contributed by atoms with Crippen LogP contribution in [0.5, 0.6) is 0 Å². The van der Waals surface area contributed by atoms with Crippen LogP contribution < -0.4 is 15.4 Å². The number of aromatic amines is 1. The number of hydrogen-bond acceptors (Lipinski definition) is 3. The van der Waals surface area contributed by atoms with Crippen molar-refractivity contribution in [2.75, 3.05) is 20.6 Å². The summed E-state index contributed by atoms with van der Waals surface area (Å²) in [6.45, 7) is 1.31. The van der Waals surface area contributed by atoms with Gasteiger partial charge in [-0.15, -0.1) is 0 Å². The third-order valence-corrected chi connectivity index (χ3v) is 6.04. The largest absolute Gasteiger partial charge is 0.361 e. The van der Waals surface area contributed by atoms with E-state index in [0.29, 0.717) is 12.5 Å². The van der Waals surface area contributed by atoms with Crippen LogP contribution in [-0.4, -0.2) is 40.0 Å². The van der Waals surface area contributed by atoms with Gasteiger partial charge in [0, 0.05) is 37.2 Å². The Bertz CT molecular complexity index is 1090. The molecule has 29 heavy (non-hydrogen) atoms. The van der Waals surface area contributed by atoms with Crippen LogP contribution in [0, 0.1) is 0 Å². The van der Waals surface area contributed by atoms with E-state index in [1.54, 1.807) is 7.05 Å². The van der Waals surface area contributed by atoms with Gasteiger partial charge < -0.3 is 15.6 Å². The number of guanidine groups is 1. The Kier molecular flexibility index (Phi) is 6.90. The van der Waals surface area contributed by atoms with Gasteiger partial charge in [-0.1, -0.05) is 42.5 Å². The number of nitrogens with one attached hydrogen (secondary N) is 4. The molecular formula is C21H27N5O2S. The fourth-order valence-corrected chi connectivity index (χ4v) is 3.94. The van der Waals surface area contributed by atoms with Gasteiger partial charge in [-0.2, -0.15) is 0 Å². The van der Waals surface area contributed by atoms with Crippen molar-refractivity contribution in [1.82, 2.24) is 20.3 Å². The summed E-state index contributed by atoms with van der Waals surface area (Å²) in [6.07, 6.45) is 2.93. The second-order valence-corrected chi connectivity index (χ2v) is 8.67. The molecule has 154 valence electrons. The van der Waals surface area contributed by atoms with Crippen LogP contribution in [0.15, 0.2) is 59.7 Å². The number of benzene rings is 2. The highest BCUT2D eigenvalue weighted by atomic mass is 32.2. The van der Waals surface area contributed by atoms with Crippen molar-refractivity contribution < 1.29 is 8.42 Å². The van der Waals surface area contributed by atoms with E-state index in [1.807, 2.05) is 42.6 Å². The zero-order chi connectivity index (χ0) is 20.7. The van der Waals surface area contributed by atoms with Crippen molar-refractivity contribution in [2.45, 2.75) is 18.7 Å². The second-order valence-electron chi connectivity index (χ2n) is 6.75. The number of rotatable bonds is 8. The van der Waals surface area contributed by atoms with Crippen LogP contribution in [0.4, 0.5) is 0 Å². The lowest BCUT2D eigenvalue weighted by atomic mass is 10.1. The third kappa shape index (κ3) is 5.82. The normalized spacial score (nSPS) is 12.3. The molecule has 1 aromatic heterocycles. The molecule has 2 aromatic carbocycles. The molecule has 3 rings (SSSR count). The van der Waals surface area contributed by atoms with Gasteiger partial charge in [0.2, 0.25) is 10.0 Å². The monoisotopic (exact) mass is 413 g/mol. The Labute approximate surface area is 171 Å². The molecule has 0 unspecified atom stereocenters. The van der Waals surface area contributed by atoms with Crippen LogP contribution in [0.3, 0.4) is 0 Å². The van der Waals surface area contributed by atoms with Crippen LogP contribution in [-0.2, 0) is 28.7 Å². The maximum Gasteiger partial charge on any atom is 0.215 e. The number of aromatic nitrogens is 1. The molecule has 0 fully saturated rings. The number of sulfonamides is 1. The zero-order valence-corrected chi connectivity index (χ0v) is 17.5. The van der Waals surface area contributed by atoms with Crippen molar-refractivity contribution in [3.8, 4) is 0 Å². The summed E-state index contributed by atoms with van der Waals surface area (Å²) < 4.78 is 25.8. The first-order valence-electron chi connectivity index (χ1n) is 9.49. The summed E-state index contributed by atoms with van der Waals surface area (Å²) in [5.74, 6) is 0.674. The van der Waals surface area contributed by atoms with E-state index < -0.39 is 10.0 Å². The lowest BCUT2D eigenvalue weighted by Crippen LogP contribution is -2.37. The molecule has 0 saturated heterocycles. The van der Waals surface area contributed by atoms with E-state index in [1.165, 1.54) is 18.0 Å². The summed E-state index contributed by atoms with van der Waals surface area (Å²) in [5, 5.41) is 7.84. The summed E-state index contributed by atoms with van der Waals surface area (Å²) in [5.41, 5.74) is 4.15. The Hall–Kier alpha value is -2.84. The SMILES string of the molecule is CN=C(NCCc1c[nH]c2ccccc12)NCc1cccc(CS(=O)(=O)NC)c1. The van der Waals surface area contributed by atoms with Crippen LogP contribution in [0.25, 0.3) is 10.9 Å². The first-order chi connectivity index (χ1) is 14.0. The first-order valence-corrected chi connectivity index (χ1v) is 11.1. The quantitative estimate of drug-likeness (QED) is 0.336. The number of para-hydroxylation sites is 1. The lowest BCUT2D eigenvalue weighted by molar-refractivity contribution is 0.587. The molecule has 7 nitrogen and oxygen atoms in total. The molecule has 8 heteroatoms. The minimum atomic E-state index is -3.28. The topological polar surface area (TPSA) is 98.4 Å². The zero-order valence-electron chi connectivity index (χ0n) is 16.7. The fourth-order valence-electron chi connectivity index (χ4n) is 3.18. The molecule has 0 amide bonds. The van der Waals surface area contributed by atoms with E-state index in [0.717, 1.165) is 29.6 Å². The number of aliphatic imine (C=N–C) groups is 1. The van der Waals surface area contributed by atoms with Crippen molar-refractivity contribution in [3.05, 3.63) is 71.4 Å². The van der Waals surface area contributed by atoms with Crippen molar-refractivity contribution in [2.24, 2.45) is 4.99 Å². The van der Waals surface area contributed by atoms with Gasteiger partial charge in [0.05, 0.1) is 5.75 Å². The minimum absolute atomic E-state index is 0.0328. The Morgan fingerprint density at radius 1 is 1.07 bits per heavy atom. The van der Waals surface area contributed by atoms with Gasteiger partial charge >= 0.3 is 0 Å². The molecule has 0 saturated carbocycles. The number of nitrogens with zero attached hydrogens (tertiary/aromatic N) is 1. The molecule has 0 aliphatic carbocycles. The van der Waals surface area contributed by atoms with Crippen LogP contribution in [0.2, 0.25) is 0 Å². The highest BCUT2D eigenvalue weighted by Crippen LogP contribution is 2.17. The number of H-pyrrole nitrogens is 1. The van der Waals surface area contributed by atoms with E-state index in [2.05, 4.69) is 37.5 Å². The van der Waals surface area contributed by atoms with Gasteiger partial charge in [0.25, 0.3) is 0 Å². The molecule has 1 heterocycles. The maximum atomic E-state index is 11.7. The van der Waals surface area contributed by atoms with Gasteiger partial charge in [-0.05, 0) is 36.2 Å². The van der Waals surface area contributed by atoms with Crippen LogP contribution >= 0.6 is 0 Å². The molecule has 4 N–H and O–H groups in total. The predicted octanol–water partition coefficient (Wildman–Crippen LogP) is 2.12. The summed E-state index contributed by atoms with van der Waals surface area (Å²) in [4.78, 5) is 7.55. The van der Waals surface area contributed by atoms with Crippen molar-refractivity contribution in [1.29, 1.82) is 0 Å². The Morgan fingerprint density at radius 3 is 2.66 bits per heavy atom. The second kappa shape index (κ2) is 9.58. The van der Waals surface area contributed by atoms with E-state index >= 15 is 0 Å². The molecule has 0 radical (unpaired) electrons. The molecule has 0 aliphatic rings. The molecule has 0 aliphatic heterocycles. The van der Waals surface area contributed by atoms with E-state index in [-0.39, 0.29) is 5.75 Å². The highest BCUT2D eigenvalue weighted by Gasteiger charge is 2.09. The van der Waals surface area contributed by atoms with Crippen molar-refractivity contribution in [3.63, 3.8) is 0 Å². The smallest absolute Gasteiger partial charge is 0.215 e. The fraction of sp³-hybridized carbons (Fsp3) is 0.286. The molecule has 3 aromatic rings. The summed E-state index contributed by atoms with van der Waals surface area (Å²) >= 11 is 0. The summed E-state index contributed by atoms with van der Waals surface area (Å²) in [6, 6.07) is 15.8. The Morgan fingerprint density at radius 2 is 1.86 bits per heavy atom. The van der Waals surface area contributed by atoms with Gasteiger partial charge in [0.15, 0.2) is 5.96 Å². The maximum absolute atomic E-state index is 11.7. The lowest BCUT2D eigenvalue weighted by Gasteiger charge is -2.12. The van der Waals surface area contributed by atoms with Gasteiger partial charge in [-0.3, -0.25) is 4.99 Å². The third-order valence-electron chi connectivity index (χ3n) is 4.70. The molecule has 0 spiro atoms. The van der Waals surface area contributed by atoms with Crippen molar-refractivity contribution >= 4 is 26.9 Å².